The number of nitrogens with two attached hydrogens (primary N) is 2. The van der Waals surface area contributed by atoms with E-state index in [1.165, 1.54) is 0 Å². The van der Waals surface area contributed by atoms with Gasteiger partial charge in [-0.05, 0) is 0 Å². The maximum atomic E-state index is 6.06. The zero-order valence-electron chi connectivity index (χ0n) is 2.15. The predicted octanol–water partition coefficient (Wildman–Crippen LogP) is -1.81. The van der Waals surface area contributed by atoms with Gasteiger partial charge in [0.15, 0.2) is 5.96 Å². The van der Waals surface area contributed by atoms with E-state index in [9.17, 15) is 0 Å². The first-order valence-electron chi connectivity index (χ1n) is 0.827. The average molecular weight is 193 g/mol. The molecule has 0 aromatic rings. The fourth-order valence-electron chi connectivity index (χ4n) is 0. The molecule has 0 aromatic carbocycles. The number of hydrogen-bond donors (Lipinski definition) is 3. The molecule has 5 heavy (non-hydrogen) atoms. The Morgan fingerprint density at radius 3 is 1.40 bits per heavy atom. The van der Waals surface area contributed by atoms with E-state index >= 15 is 0 Å². The predicted molar refractivity (Wildman–Crippen MR) is 23.3 cm³/mol. The Kier molecular flexibility index (Phi) is 10.2. The summed E-state index contributed by atoms with van der Waals surface area (Å²) in [6, 6.07) is 0. The third-order valence-corrected chi connectivity index (χ3v) is 0. The molecular weight excluding hydrogens is 187 g/mol. The van der Waals surface area contributed by atoms with Crippen LogP contribution in [0.1, 0.15) is 0 Å². The van der Waals surface area contributed by atoms with Gasteiger partial charge in [-0.1, -0.05) is 0 Å². The first-order valence-corrected chi connectivity index (χ1v) is 0.827. The molecule has 0 rings (SSSR count). The summed E-state index contributed by atoms with van der Waals surface area (Å²) in [7, 11) is 0. The van der Waals surface area contributed by atoms with Crippen molar-refractivity contribution in [2.75, 3.05) is 0 Å². The van der Waals surface area contributed by atoms with Crippen LogP contribution in [0.5, 0.6) is 0 Å². The van der Waals surface area contributed by atoms with Crippen LogP contribution in [-0.2, 0) is 0 Å². The number of nitrogens with one attached hydrogen (secondary N) is 1. The molecule has 0 fully saturated rings. The molecule has 0 spiro atoms. The second-order valence-corrected chi connectivity index (χ2v) is 0.455. The van der Waals surface area contributed by atoms with Crippen molar-refractivity contribution in [1.29, 1.82) is 5.41 Å². The van der Waals surface area contributed by atoms with E-state index in [0.717, 1.165) is 0 Å². The van der Waals surface area contributed by atoms with Crippen LogP contribution < -0.4 is 11.5 Å². The summed E-state index contributed by atoms with van der Waals surface area (Å²) in [5.74, 6) is -0.333. The molecule has 26 valence electrons. The van der Waals surface area contributed by atoms with Gasteiger partial charge in [-0.25, -0.2) is 0 Å². The summed E-state index contributed by atoms with van der Waals surface area (Å²) < 4.78 is 0. The van der Waals surface area contributed by atoms with Crippen molar-refractivity contribution in [3.8, 4) is 0 Å². The van der Waals surface area contributed by atoms with Gasteiger partial charge in [0.1, 0.15) is 0 Å². The van der Waals surface area contributed by atoms with E-state index in [-0.39, 0.29) is 74.9 Å². The van der Waals surface area contributed by atoms with Crippen LogP contribution >= 0.6 is 0 Å². The summed E-state index contributed by atoms with van der Waals surface area (Å²) in [6.07, 6.45) is 0. The Hall–Kier alpha value is 1.32. The summed E-state index contributed by atoms with van der Waals surface area (Å²) >= 11 is 0. The molecule has 0 heterocycles. The minimum atomic E-state index is -0.333. The van der Waals surface area contributed by atoms with E-state index in [1.807, 2.05) is 0 Å². The van der Waals surface area contributed by atoms with Gasteiger partial charge in [-0.2, -0.15) is 0 Å². The van der Waals surface area contributed by atoms with Gasteiger partial charge in [0.05, 0.1) is 0 Å². The molecule has 0 aromatic heterocycles. The minimum absolute atomic E-state index is 0. The Morgan fingerprint density at radius 2 is 1.40 bits per heavy atom. The first-order chi connectivity index (χ1) is 1.73. The molecule has 0 saturated carbocycles. The molecule has 0 atom stereocenters. The molecule has 0 unspecified atom stereocenters. The van der Waals surface area contributed by atoms with Gasteiger partial charge in [-0.15, -0.1) is 0 Å². The Bertz CT molecular complexity index is 29.9. The molecule has 5 N–H and O–H groups in total. The van der Waals surface area contributed by atoms with E-state index in [2.05, 4.69) is 11.5 Å². The van der Waals surface area contributed by atoms with Crippen molar-refractivity contribution >= 4 is 74.9 Å². The van der Waals surface area contributed by atoms with Gasteiger partial charge >= 0.3 is 68.9 Å². The summed E-state index contributed by atoms with van der Waals surface area (Å²) in [6.45, 7) is 0. The molecule has 0 aliphatic heterocycles. The maximum absolute atomic E-state index is 6.06. The van der Waals surface area contributed by atoms with Crippen LogP contribution in [0.25, 0.3) is 0 Å². The average Bonchev–Trinajstić information content (AvgIpc) is 0.811. The quantitative estimate of drug-likeness (QED) is 0.313. The van der Waals surface area contributed by atoms with Crippen molar-refractivity contribution in [3.63, 3.8) is 0 Å². The van der Waals surface area contributed by atoms with Crippen LogP contribution in [0.4, 0.5) is 0 Å². The van der Waals surface area contributed by atoms with Crippen LogP contribution in [0.2, 0.25) is 0 Å². The third-order valence-electron chi connectivity index (χ3n) is 0. The SMILES string of the molecule is N=C(N)N.[CsH]. The molecule has 0 saturated heterocycles. The zero-order valence-corrected chi connectivity index (χ0v) is 2.15. The molecule has 0 radical (unpaired) electrons. The first kappa shape index (κ1) is 9.59. The van der Waals surface area contributed by atoms with Gasteiger partial charge < -0.3 is 11.5 Å². The topological polar surface area (TPSA) is 75.9 Å². The fourth-order valence-corrected chi connectivity index (χ4v) is 0. The normalized spacial score (nSPS) is 4.80. The monoisotopic (exact) mass is 193 g/mol. The van der Waals surface area contributed by atoms with Crippen molar-refractivity contribution in [3.05, 3.63) is 0 Å². The second kappa shape index (κ2) is 5.32. The van der Waals surface area contributed by atoms with Crippen LogP contribution in [0.3, 0.4) is 0 Å². The van der Waals surface area contributed by atoms with Gasteiger partial charge in [0.2, 0.25) is 0 Å². The Labute approximate surface area is 89.4 Å². The van der Waals surface area contributed by atoms with E-state index in [1.54, 1.807) is 0 Å². The molecule has 4 heteroatoms. The number of hydrogen-bond acceptors (Lipinski definition) is 1. The molecular formula is CH6CsN3. The van der Waals surface area contributed by atoms with E-state index < -0.39 is 0 Å². The summed E-state index contributed by atoms with van der Waals surface area (Å²) in [4.78, 5) is 0. The Morgan fingerprint density at radius 1 is 1.40 bits per heavy atom. The summed E-state index contributed by atoms with van der Waals surface area (Å²) in [5.41, 5.74) is 8.94. The number of guanidine groups is 1. The fraction of sp³-hybridized carbons (Fsp3) is 0. The van der Waals surface area contributed by atoms with Crippen molar-refractivity contribution in [2.24, 2.45) is 11.5 Å². The molecule has 0 bridgehead atoms. The second-order valence-electron chi connectivity index (χ2n) is 0.455. The Balaban J connectivity index is 0. The molecule has 3 nitrogen and oxygen atoms in total. The number of rotatable bonds is 0. The van der Waals surface area contributed by atoms with Crippen LogP contribution in [0, 0.1) is 5.41 Å². The van der Waals surface area contributed by atoms with Gasteiger partial charge in [0, 0.05) is 0 Å². The molecule has 0 aliphatic carbocycles. The zero-order chi connectivity index (χ0) is 3.58. The molecule has 0 aliphatic rings. The van der Waals surface area contributed by atoms with Crippen molar-refractivity contribution in [2.45, 2.75) is 0 Å². The van der Waals surface area contributed by atoms with Gasteiger partial charge in [-0.3, -0.25) is 5.41 Å². The van der Waals surface area contributed by atoms with Gasteiger partial charge in [0.25, 0.3) is 0 Å². The third kappa shape index (κ3) is 33.6. The van der Waals surface area contributed by atoms with Crippen molar-refractivity contribution in [1.82, 2.24) is 0 Å². The van der Waals surface area contributed by atoms with Crippen LogP contribution in [0.15, 0.2) is 0 Å². The standard InChI is InChI=1S/CH5N3.Cs.H/c2-1(3)4;;/h(H5,2,3,4);;. The van der Waals surface area contributed by atoms with E-state index in [0.29, 0.717) is 0 Å². The summed E-state index contributed by atoms with van der Waals surface area (Å²) in [5, 5.41) is 6.06. The van der Waals surface area contributed by atoms with E-state index in [4.69, 9.17) is 5.41 Å². The molecule has 0 amide bonds. The van der Waals surface area contributed by atoms with Crippen molar-refractivity contribution < 1.29 is 0 Å². The van der Waals surface area contributed by atoms with Crippen LogP contribution in [-0.4, -0.2) is 74.9 Å².